The van der Waals surface area contributed by atoms with Crippen LogP contribution in [0.15, 0.2) is 0 Å². The lowest BCUT2D eigenvalue weighted by Crippen LogP contribution is -2.56. The first-order chi connectivity index (χ1) is 8.20. The zero-order valence-corrected chi connectivity index (χ0v) is 11.0. The van der Waals surface area contributed by atoms with Crippen LogP contribution < -0.4 is 5.32 Å². The number of nitrogens with zero attached hydrogens (tertiary/aromatic N) is 1. The van der Waals surface area contributed by atoms with Gasteiger partial charge in [0, 0.05) is 19.5 Å². The SMILES string of the molecule is CCCCCCC(=O)N1CCNC(=O)C1CC. The summed E-state index contributed by atoms with van der Waals surface area (Å²) in [4.78, 5) is 25.4. The summed E-state index contributed by atoms with van der Waals surface area (Å²) in [5.41, 5.74) is 0. The number of carbonyl (C=O) groups is 2. The van der Waals surface area contributed by atoms with E-state index in [-0.39, 0.29) is 17.9 Å². The van der Waals surface area contributed by atoms with Gasteiger partial charge < -0.3 is 10.2 Å². The van der Waals surface area contributed by atoms with E-state index in [9.17, 15) is 9.59 Å². The summed E-state index contributed by atoms with van der Waals surface area (Å²) in [5, 5.41) is 2.81. The average Bonchev–Trinajstić information content (AvgIpc) is 2.34. The molecule has 0 aromatic rings. The van der Waals surface area contributed by atoms with E-state index in [1.165, 1.54) is 12.8 Å². The molecule has 0 aliphatic carbocycles. The highest BCUT2D eigenvalue weighted by atomic mass is 16.2. The van der Waals surface area contributed by atoms with Crippen molar-refractivity contribution >= 4 is 11.8 Å². The molecule has 2 amide bonds. The minimum Gasteiger partial charge on any atom is -0.353 e. The smallest absolute Gasteiger partial charge is 0.242 e. The minimum absolute atomic E-state index is 0.000609. The van der Waals surface area contributed by atoms with E-state index in [1.54, 1.807) is 4.90 Å². The fourth-order valence-corrected chi connectivity index (χ4v) is 2.27. The Bertz CT molecular complexity index is 266. The second-order valence-corrected chi connectivity index (χ2v) is 4.61. The number of amides is 2. The Kier molecular flexibility index (Phi) is 6.01. The fraction of sp³-hybridized carbons (Fsp3) is 0.846. The van der Waals surface area contributed by atoms with Crippen LogP contribution in [0, 0.1) is 0 Å². The maximum absolute atomic E-state index is 12.0. The Morgan fingerprint density at radius 3 is 2.76 bits per heavy atom. The predicted octanol–water partition coefficient (Wildman–Crippen LogP) is 1.69. The van der Waals surface area contributed by atoms with Crippen LogP contribution in [0.25, 0.3) is 0 Å². The lowest BCUT2D eigenvalue weighted by molar-refractivity contribution is -0.143. The van der Waals surface area contributed by atoms with Crippen LogP contribution >= 0.6 is 0 Å². The number of piperazine rings is 1. The first-order valence-corrected chi connectivity index (χ1v) is 6.77. The van der Waals surface area contributed by atoms with Crippen LogP contribution in [0.4, 0.5) is 0 Å². The Morgan fingerprint density at radius 1 is 1.35 bits per heavy atom. The molecule has 1 aliphatic heterocycles. The zero-order chi connectivity index (χ0) is 12.7. The Labute approximate surface area is 104 Å². The molecule has 1 saturated heterocycles. The molecular weight excluding hydrogens is 216 g/mol. The van der Waals surface area contributed by atoms with Gasteiger partial charge in [-0.15, -0.1) is 0 Å². The van der Waals surface area contributed by atoms with Crippen molar-refractivity contribution in [2.75, 3.05) is 13.1 Å². The summed E-state index contributed by atoms with van der Waals surface area (Å²) >= 11 is 0. The summed E-state index contributed by atoms with van der Waals surface area (Å²) in [6.07, 6.45) is 5.71. The lowest BCUT2D eigenvalue weighted by atomic mass is 10.1. The number of unbranched alkanes of at least 4 members (excludes halogenated alkanes) is 3. The van der Waals surface area contributed by atoms with Gasteiger partial charge in [0.15, 0.2) is 0 Å². The molecule has 4 nitrogen and oxygen atoms in total. The van der Waals surface area contributed by atoms with Gasteiger partial charge in [0.2, 0.25) is 11.8 Å². The fourth-order valence-electron chi connectivity index (χ4n) is 2.27. The summed E-state index contributed by atoms with van der Waals surface area (Å²) in [7, 11) is 0. The van der Waals surface area contributed by atoms with Crippen molar-refractivity contribution in [3.05, 3.63) is 0 Å². The third-order valence-corrected chi connectivity index (χ3v) is 3.28. The Balaban J connectivity index is 2.40. The van der Waals surface area contributed by atoms with Crippen LogP contribution in [-0.4, -0.2) is 35.8 Å². The number of hydrogen-bond acceptors (Lipinski definition) is 2. The Hall–Kier alpha value is -1.06. The van der Waals surface area contributed by atoms with Crippen molar-refractivity contribution in [3.8, 4) is 0 Å². The van der Waals surface area contributed by atoms with Crippen LogP contribution in [0.5, 0.6) is 0 Å². The van der Waals surface area contributed by atoms with E-state index in [0.29, 0.717) is 25.9 Å². The highest BCUT2D eigenvalue weighted by Crippen LogP contribution is 2.12. The molecule has 17 heavy (non-hydrogen) atoms. The van der Waals surface area contributed by atoms with Gasteiger partial charge in [0.1, 0.15) is 6.04 Å². The van der Waals surface area contributed by atoms with E-state index in [1.807, 2.05) is 6.92 Å². The lowest BCUT2D eigenvalue weighted by Gasteiger charge is -2.34. The number of hydrogen-bond donors (Lipinski definition) is 1. The largest absolute Gasteiger partial charge is 0.353 e. The van der Waals surface area contributed by atoms with Crippen LogP contribution in [-0.2, 0) is 9.59 Å². The molecule has 98 valence electrons. The third-order valence-electron chi connectivity index (χ3n) is 3.28. The molecule has 1 N–H and O–H groups in total. The second kappa shape index (κ2) is 7.30. The quantitative estimate of drug-likeness (QED) is 0.718. The highest BCUT2D eigenvalue weighted by Gasteiger charge is 2.30. The third kappa shape index (κ3) is 4.02. The van der Waals surface area contributed by atoms with Gasteiger partial charge in [0.25, 0.3) is 0 Å². The van der Waals surface area contributed by atoms with Crippen LogP contribution in [0.2, 0.25) is 0 Å². The number of nitrogens with one attached hydrogen (secondary N) is 1. The Morgan fingerprint density at radius 2 is 2.12 bits per heavy atom. The van der Waals surface area contributed by atoms with Crippen LogP contribution in [0.3, 0.4) is 0 Å². The van der Waals surface area contributed by atoms with Gasteiger partial charge in [-0.1, -0.05) is 33.1 Å². The van der Waals surface area contributed by atoms with E-state index in [2.05, 4.69) is 12.2 Å². The number of carbonyl (C=O) groups excluding carboxylic acids is 2. The molecule has 1 aliphatic rings. The zero-order valence-electron chi connectivity index (χ0n) is 11.0. The molecule has 0 bridgehead atoms. The van der Waals surface area contributed by atoms with Crippen molar-refractivity contribution < 1.29 is 9.59 Å². The summed E-state index contributed by atoms with van der Waals surface area (Å²) in [6.45, 7) is 5.36. The van der Waals surface area contributed by atoms with E-state index in [0.717, 1.165) is 12.8 Å². The van der Waals surface area contributed by atoms with Crippen molar-refractivity contribution in [2.45, 2.75) is 58.4 Å². The maximum Gasteiger partial charge on any atom is 0.242 e. The molecule has 1 heterocycles. The molecule has 1 unspecified atom stereocenters. The van der Waals surface area contributed by atoms with Gasteiger partial charge in [0.05, 0.1) is 0 Å². The van der Waals surface area contributed by atoms with Crippen molar-refractivity contribution in [2.24, 2.45) is 0 Å². The maximum atomic E-state index is 12.0. The first kappa shape index (κ1) is 14.0. The highest BCUT2D eigenvalue weighted by molar-refractivity contribution is 5.88. The molecule has 0 spiro atoms. The minimum atomic E-state index is -0.248. The van der Waals surface area contributed by atoms with E-state index < -0.39 is 0 Å². The van der Waals surface area contributed by atoms with Gasteiger partial charge in [-0.25, -0.2) is 0 Å². The molecule has 4 heteroatoms. The predicted molar refractivity (Wildman–Crippen MR) is 67.6 cm³/mol. The first-order valence-electron chi connectivity index (χ1n) is 6.77. The molecule has 1 fully saturated rings. The molecule has 0 aromatic heterocycles. The monoisotopic (exact) mass is 240 g/mol. The second-order valence-electron chi connectivity index (χ2n) is 4.61. The molecule has 1 atom stereocenters. The number of rotatable bonds is 6. The van der Waals surface area contributed by atoms with Crippen molar-refractivity contribution in [3.63, 3.8) is 0 Å². The van der Waals surface area contributed by atoms with E-state index in [4.69, 9.17) is 0 Å². The topological polar surface area (TPSA) is 49.4 Å². The summed E-state index contributed by atoms with van der Waals surface area (Å²) in [6, 6.07) is -0.248. The molecule has 0 aromatic carbocycles. The van der Waals surface area contributed by atoms with Gasteiger partial charge in [-0.05, 0) is 12.8 Å². The van der Waals surface area contributed by atoms with Crippen molar-refractivity contribution in [1.29, 1.82) is 0 Å². The molecule has 0 radical (unpaired) electrons. The van der Waals surface area contributed by atoms with Crippen molar-refractivity contribution in [1.82, 2.24) is 10.2 Å². The summed E-state index contributed by atoms with van der Waals surface area (Å²) in [5.74, 6) is 0.142. The van der Waals surface area contributed by atoms with Crippen LogP contribution in [0.1, 0.15) is 52.4 Å². The molecular formula is C13H24N2O2. The molecule has 1 rings (SSSR count). The van der Waals surface area contributed by atoms with Gasteiger partial charge in [-0.3, -0.25) is 9.59 Å². The van der Waals surface area contributed by atoms with E-state index >= 15 is 0 Å². The summed E-state index contributed by atoms with van der Waals surface area (Å²) < 4.78 is 0. The average molecular weight is 240 g/mol. The normalized spacial score (nSPS) is 20.2. The van der Waals surface area contributed by atoms with Gasteiger partial charge >= 0.3 is 0 Å². The standard InChI is InChI=1S/C13H24N2O2/c1-3-5-6-7-8-12(16)15-10-9-14-13(17)11(15)4-2/h11H,3-10H2,1-2H3,(H,14,17). The molecule has 0 saturated carbocycles. The van der Waals surface area contributed by atoms with Gasteiger partial charge in [-0.2, -0.15) is 0 Å².